The molecule has 6 heteroatoms. The number of amides is 2. The number of phenolic OH excluding ortho intramolecular Hbond substituents is 2. The first-order valence-corrected chi connectivity index (χ1v) is 7.68. The summed E-state index contributed by atoms with van der Waals surface area (Å²) in [5.41, 5.74) is 0.333. The summed E-state index contributed by atoms with van der Waals surface area (Å²) in [6, 6.07) is 4.05. The van der Waals surface area contributed by atoms with Crippen molar-refractivity contribution in [1.82, 2.24) is 5.01 Å². The fraction of sp³-hybridized carbons (Fsp3) is 0.353. The van der Waals surface area contributed by atoms with Gasteiger partial charge >= 0.3 is 0 Å². The first-order chi connectivity index (χ1) is 11.1. The Morgan fingerprint density at radius 2 is 1.65 bits per heavy atom. The number of nitrogens with zero attached hydrogens (tertiary/aromatic N) is 2. The zero-order valence-corrected chi connectivity index (χ0v) is 12.3. The van der Waals surface area contributed by atoms with E-state index in [0.29, 0.717) is 5.56 Å². The molecule has 1 saturated carbocycles. The van der Waals surface area contributed by atoms with Crippen LogP contribution in [0, 0.1) is 23.7 Å². The smallest absolute Gasteiger partial charge is 0.254 e. The molecule has 1 heterocycles. The third kappa shape index (κ3) is 2.05. The molecule has 0 radical (unpaired) electrons. The number of carbonyl (C=O) groups excluding carboxylic acids is 2. The lowest BCUT2D eigenvalue weighted by molar-refractivity contribution is -0.140. The third-order valence-electron chi connectivity index (χ3n) is 5.06. The van der Waals surface area contributed by atoms with Crippen molar-refractivity contribution < 1.29 is 19.8 Å². The number of imide groups is 1. The van der Waals surface area contributed by atoms with Crippen LogP contribution in [0.25, 0.3) is 0 Å². The Morgan fingerprint density at radius 3 is 2.17 bits per heavy atom. The molecular weight excluding hydrogens is 296 g/mol. The number of hydrogen-bond acceptors (Lipinski definition) is 5. The second-order valence-electron chi connectivity index (χ2n) is 6.32. The van der Waals surface area contributed by atoms with Gasteiger partial charge in [0.25, 0.3) is 11.8 Å². The highest BCUT2D eigenvalue weighted by atomic mass is 16.3. The van der Waals surface area contributed by atoms with Crippen molar-refractivity contribution in [2.75, 3.05) is 0 Å². The van der Waals surface area contributed by atoms with E-state index in [1.54, 1.807) is 0 Å². The fourth-order valence-corrected chi connectivity index (χ4v) is 3.93. The summed E-state index contributed by atoms with van der Waals surface area (Å²) >= 11 is 0. The maximum absolute atomic E-state index is 12.6. The van der Waals surface area contributed by atoms with E-state index in [0.717, 1.165) is 17.9 Å². The van der Waals surface area contributed by atoms with Crippen LogP contribution in [0.3, 0.4) is 0 Å². The molecule has 0 spiro atoms. The maximum atomic E-state index is 12.6. The van der Waals surface area contributed by atoms with Gasteiger partial charge in [0, 0.05) is 11.6 Å². The van der Waals surface area contributed by atoms with Gasteiger partial charge in [-0.25, -0.2) is 0 Å². The highest BCUT2D eigenvalue weighted by molar-refractivity contribution is 6.06. The summed E-state index contributed by atoms with van der Waals surface area (Å²) in [4.78, 5) is 25.1. The number of benzene rings is 1. The molecule has 2 fully saturated rings. The summed E-state index contributed by atoms with van der Waals surface area (Å²) in [6.07, 6.45) is 7.27. The highest BCUT2D eigenvalue weighted by Gasteiger charge is 2.56. The van der Waals surface area contributed by atoms with Gasteiger partial charge in [0.1, 0.15) is 11.5 Å². The molecule has 1 aliphatic heterocycles. The zero-order valence-electron chi connectivity index (χ0n) is 12.3. The van der Waals surface area contributed by atoms with E-state index in [9.17, 15) is 19.8 Å². The number of allylic oxidation sites excluding steroid dienone is 2. The van der Waals surface area contributed by atoms with Crippen LogP contribution >= 0.6 is 0 Å². The summed E-state index contributed by atoms with van der Waals surface area (Å²) in [5.74, 6) is -1.07. The van der Waals surface area contributed by atoms with Crippen LogP contribution in [0.5, 0.6) is 11.5 Å². The van der Waals surface area contributed by atoms with Gasteiger partial charge in [0.15, 0.2) is 0 Å². The summed E-state index contributed by atoms with van der Waals surface area (Å²) in [5, 5.41) is 24.0. The first-order valence-electron chi connectivity index (χ1n) is 7.68. The van der Waals surface area contributed by atoms with E-state index >= 15 is 0 Å². The standard InChI is InChI=1S/C17H16N2O4/c20-12-6-5-11(13(21)7-12)8-18-19-16(22)14-9-1-2-10(4-3-9)15(14)17(19)23/h1-2,5-10,14-15,20-21H,3-4H2/t9-,10-,14-,15+/m0/s1. The van der Waals surface area contributed by atoms with Gasteiger partial charge in [-0.2, -0.15) is 10.1 Å². The van der Waals surface area contributed by atoms with Crippen molar-refractivity contribution in [3.63, 3.8) is 0 Å². The molecule has 1 aromatic carbocycles. The van der Waals surface area contributed by atoms with Crippen molar-refractivity contribution >= 4 is 18.0 Å². The molecule has 6 nitrogen and oxygen atoms in total. The lowest BCUT2D eigenvalue weighted by atomic mass is 9.63. The monoisotopic (exact) mass is 312 g/mol. The summed E-state index contributed by atoms with van der Waals surface area (Å²) in [7, 11) is 0. The Labute approximate surface area is 132 Å². The zero-order chi connectivity index (χ0) is 16.1. The summed E-state index contributed by atoms with van der Waals surface area (Å²) < 4.78 is 0. The molecule has 2 bridgehead atoms. The second kappa shape index (κ2) is 4.94. The number of rotatable bonds is 2. The fourth-order valence-electron chi connectivity index (χ4n) is 3.93. The van der Waals surface area contributed by atoms with Gasteiger partial charge in [-0.1, -0.05) is 12.2 Å². The van der Waals surface area contributed by atoms with E-state index in [1.807, 2.05) is 0 Å². The molecule has 4 aliphatic rings. The number of carbonyl (C=O) groups is 2. The van der Waals surface area contributed by atoms with Gasteiger partial charge in [0.05, 0.1) is 18.1 Å². The van der Waals surface area contributed by atoms with Crippen molar-refractivity contribution in [3.05, 3.63) is 35.9 Å². The average Bonchev–Trinajstić information content (AvgIpc) is 2.82. The molecule has 0 aromatic heterocycles. The molecule has 118 valence electrons. The lowest BCUT2D eigenvalue weighted by Gasteiger charge is -2.37. The SMILES string of the molecule is O=C1[C@@H]2[C@H](C(=O)N1N=Cc1ccc(O)cc1O)[C@H]1C=C[C@H]2CC1. The molecule has 2 N–H and O–H groups in total. The van der Waals surface area contributed by atoms with Crippen molar-refractivity contribution in [2.45, 2.75) is 12.8 Å². The Morgan fingerprint density at radius 1 is 1.04 bits per heavy atom. The van der Waals surface area contributed by atoms with E-state index in [-0.39, 0.29) is 47.0 Å². The minimum Gasteiger partial charge on any atom is -0.508 e. The van der Waals surface area contributed by atoms with Crippen LogP contribution in [0.4, 0.5) is 0 Å². The van der Waals surface area contributed by atoms with Crippen LogP contribution < -0.4 is 0 Å². The van der Waals surface area contributed by atoms with E-state index in [1.165, 1.54) is 24.4 Å². The minimum absolute atomic E-state index is 0.0679. The van der Waals surface area contributed by atoms with Crippen LogP contribution in [-0.4, -0.2) is 33.3 Å². The highest BCUT2D eigenvalue weighted by Crippen LogP contribution is 2.49. The minimum atomic E-state index is -0.295. The quantitative estimate of drug-likeness (QED) is 0.493. The first kappa shape index (κ1) is 14.0. The Balaban J connectivity index is 1.62. The van der Waals surface area contributed by atoms with Crippen LogP contribution in [0.1, 0.15) is 18.4 Å². The van der Waals surface area contributed by atoms with Crippen LogP contribution in [0.2, 0.25) is 0 Å². The van der Waals surface area contributed by atoms with Crippen LogP contribution in [0.15, 0.2) is 35.5 Å². The predicted molar refractivity (Wildman–Crippen MR) is 81.6 cm³/mol. The Kier molecular flexibility index (Phi) is 3.01. The molecule has 2 amide bonds. The van der Waals surface area contributed by atoms with Gasteiger partial charge in [0.2, 0.25) is 0 Å². The van der Waals surface area contributed by atoms with Crippen molar-refractivity contribution in [2.24, 2.45) is 28.8 Å². The molecule has 1 saturated heterocycles. The number of phenols is 2. The largest absolute Gasteiger partial charge is 0.508 e. The number of hydrogen-bond donors (Lipinski definition) is 2. The molecule has 4 atom stereocenters. The summed E-state index contributed by atoms with van der Waals surface area (Å²) in [6.45, 7) is 0. The molecule has 5 rings (SSSR count). The third-order valence-corrected chi connectivity index (χ3v) is 5.06. The number of fused-ring (bicyclic) bond motifs is 1. The van der Waals surface area contributed by atoms with Crippen molar-refractivity contribution in [1.29, 1.82) is 0 Å². The van der Waals surface area contributed by atoms with Gasteiger partial charge in [-0.05, 0) is 36.8 Å². The normalized spacial score (nSPS) is 32.1. The van der Waals surface area contributed by atoms with Crippen molar-refractivity contribution in [3.8, 4) is 11.5 Å². The van der Waals surface area contributed by atoms with Crippen LogP contribution in [-0.2, 0) is 9.59 Å². The molecule has 3 aliphatic carbocycles. The average molecular weight is 312 g/mol. The number of hydrazone groups is 1. The molecular formula is C17H16N2O4. The second-order valence-corrected chi connectivity index (χ2v) is 6.32. The molecule has 1 aromatic rings. The molecule has 23 heavy (non-hydrogen) atoms. The Hall–Kier alpha value is -2.63. The van der Waals surface area contributed by atoms with E-state index in [2.05, 4.69) is 17.3 Å². The van der Waals surface area contributed by atoms with E-state index in [4.69, 9.17) is 0 Å². The molecule has 0 unspecified atom stereocenters. The van der Waals surface area contributed by atoms with Gasteiger partial charge < -0.3 is 10.2 Å². The predicted octanol–water partition coefficient (Wildman–Crippen LogP) is 1.63. The maximum Gasteiger partial charge on any atom is 0.254 e. The van der Waals surface area contributed by atoms with Gasteiger partial charge in [-0.3, -0.25) is 9.59 Å². The topological polar surface area (TPSA) is 90.2 Å². The van der Waals surface area contributed by atoms with Gasteiger partial charge in [-0.15, -0.1) is 0 Å². The lowest BCUT2D eigenvalue weighted by Crippen LogP contribution is -2.38. The number of aromatic hydroxyl groups is 2. The Bertz CT molecular complexity index is 723. The van der Waals surface area contributed by atoms with E-state index < -0.39 is 0 Å².